The van der Waals surface area contributed by atoms with Crippen LogP contribution in [0.25, 0.3) is 15.9 Å². The zero-order valence-corrected chi connectivity index (χ0v) is 20.3. The molecule has 1 aliphatic heterocycles. The number of aromatic nitrogens is 3. The van der Waals surface area contributed by atoms with E-state index in [-0.39, 0.29) is 5.91 Å². The van der Waals surface area contributed by atoms with E-state index in [2.05, 4.69) is 9.88 Å². The van der Waals surface area contributed by atoms with Crippen LogP contribution < -0.4 is 14.4 Å². The van der Waals surface area contributed by atoms with Crippen LogP contribution in [0.4, 0.5) is 5.13 Å². The third kappa shape index (κ3) is 4.08. The van der Waals surface area contributed by atoms with Crippen molar-refractivity contribution in [2.75, 3.05) is 58.5 Å². The number of nitrogens with zero attached hydrogens (tertiary/aromatic N) is 5. The zero-order valence-electron chi connectivity index (χ0n) is 19.5. The Morgan fingerprint density at radius 3 is 2.65 bits per heavy atom. The third-order valence-corrected chi connectivity index (χ3v) is 7.12. The summed E-state index contributed by atoms with van der Waals surface area (Å²) in [6.07, 6.45) is 1.87. The van der Waals surface area contributed by atoms with Crippen LogP contribution in [0, 0.1) is 6.92 Å². The van der Waals surface area contributed by atoms with Crippen LogP contribution in [0.15, 0.2) is 36.5 Å². The number of fused-ring (bicyclic) bond motifs is 2. The van der Waals surface area contributed by atoms with Gasteiger partial charge in [0, 0.05) is 32.4 Å². The summed E-state index contributed by atoms with van der Waals surface area (Å²) in [5, 5.41) is 0.598. The van der Waals surface area contributed by atoms with Gasteiger partial charge in [0.2, 0.25) is 0 Å². The van der Waals surface area contributed by atoms with E-state index in [0.717, 1.165) is 30.0 Å². The molecule has 1 fully saturated rings. The molecule has 0 unspecified atom stereocenters. The standard InChI is InChI=1S/C24H27N5O4S/c1-16-21(28-9-5-4-6-19(28)25-16)23(30)29(11-10-27-12-14-33-15-13-27)24-26-20-17(31-2)7-8-18(32-3)22(20)34-24/h4-9H,10-15H2,1-3H3. The maximum atomic E-state index is 14.0. The fourth-order valence-electron chi connectivity index (χ4n) is 4.24. The molecule has 3 aromatic heterocycles. The first-order valence-corrected chi connectivity index (χ1v) is 12.0. The molecule has 1 amide bonds. The summed E-state index contributed by atoms with van der Waals surface area (Å²) in [7, 11) is 3.24. The summed E-state index contributed by atoms with van der Waals surface area (Å²) in [5.41, 5.74) is 2.64. The number of thiazole rings is 1. The molecule has 5 rings (SSSR count). The number of rotatable bonds is 7. The molecule has 4 heterocycles. The predicted molar refractivity (Wildman–Crippen MR) is 132 cm³/mol. The predicted octanol–water partition coefficient (Wildman–Crippen LogP) is 3.25. The van der Waals surface area contributed by atoms with Crippen molar-refractivity contribution in [3.63, 3.8) is 0 Å². The van der Waals surface area contributed by atoms with Gasteiger partial charge in [-0.3, -0.25) is 19.0 Å². The molecule has 0 spiro atoms. The molecule has 4 aromatic rings. The molecular formula is C24H27N5O4S. The molecule has 0 aliphatic carbocycles. The number of ether oxygens (including phenoxy) is 3. The summed E-state index contributed by atoms with van der Waals surface area (Å²) in [4.78, 5) is 27.5. The fraction of sp³-hybridized carbons (Fsp3) is 0.375. The summed E-state index contributed by atoms with van der Waals surface area (Å²) in [6.45, 7) is 6.17. The van der Waals surface area contributed by atoms with Crippen LogP contribution >= 0.6 is 11.3 Å². The Hall–Kier alpha value is -3.21. The number of anilines is 1. The maximum absolute atomic E-state index is 14.0. The summed E-state index contributed by atoms with van der Waals surface area (Å²) < 4.78 is 19.3. The highest BCUT2D eigenvalue weighted by atomic mass is 32.1. The first-order chi connectivity index (χ1) is 16.6. The lowest BCUT2D eigenvalue weighted by molar-refractivity contribution is 0.0391. The van der Waals surface area contributed by atoms with Crippen molar-refractivity contribution in [1.82, 2.24) is 19.3 Å². The SMILES string of the molecule is COc1ccc(OC)c2sc(N(CCN3CCOCC3)C(=O)c3c(C)nc4ccccn34)nc12. The Labute approximate surface area is 201 Å². The lowest BCUT2D eigenvalue weighted by Crippen LogP contribution is -2.43. The Morgan fingerprint density at radius 2 is 1.88 bits per heavy atom. The van der Waals surface area contributed by atoms with E-state index in [9.17, 15) is 4.79 Å². The minimum Gasteiger partial charge on any atom is -0.495 e. The van der Waals surface area contributed by atoms with Crippen molar-refractivity contribution >= 4 is 38.2 Å². The lowest BCUT2D eigenvalue weighted by atomic mass is 10.3. The number of carbonyl (C=O) groups is 1. The molecule has 0 N–H and O–H groups in total. The molecule has 0 bridgehead atoms. The van der Waals surface area contributed by atoms with E-state index < -0.39 is 0 Å². The van der Waals surface area contributed by atoms with Gasteiger partial charge in [-0.05, 0) is 31.2 Å². The van der Waals surface area contributed by atoms with Crippen molar-refractivity contribution in [3.05, 3.63) is 47.9 Å². The van der Waals surface area contributed by atoms with Crippen LogP contribution in [-0.2, 0) is 4.74 Å². The molecule has 0 radical (unpaired) electrons. The first-order valence-electron chi connectivity index (χ1n) is 11.2. The largest absolute Gasteiger partial charge is 0.495 e. The van der Waals surface area contributed by atoms with Gasteiger partial charge in [-0.15, -0.1) is 0 Å². The molecule has 1 aromatic carbocycles. The van der Waals surface area contributed by atoms with E-state index in [0.29, 0.717) is 53.3 Å². The van der Waals surface area contributed by atoms with Gasteiger partial charge in [0.25, 0.3) is 5.91 Å². The van der Waals surface area contributed by atoms with Gasteiger partial charge < -0.3 is 14.2 Å². The molecule has 10 heteroatoms. The van der Waals surface area contributed by atoms with E-state index in [1.807, 2.05) is 47.9 Å². The Balaban J connectivity index is 1.58. The maximum Gasteiger partial charge on any atom is 0.279 e. The fourth-order valence-corrected chi connectivity index (χ4v) is 5.34. The van der Waals surface area contributed by atoms with Gasteiger partial charge in [-0.2, -0.15) is 0 Å². The minimum absolute atomic E-state index is 0.138. The highest BCUT2D eigenvalue weighted by Gasteiger charge is 2.28. The number of methoxy groups -OCH3 is 2. The van der Waals surface area contributed by atoms with Crippen molar-refractivity contribution in [2.45, 2.75) is 6.92 Å². The van der Waals surface area contributed by atoms with Crippen LogP contribution in [0.3, 0.4) is 0 Å². The van der Waals surface area contributed by atoms with E-state index in [1.165, 1.54) is 11.3 Å². The molecule has 178 valence electrons. The second-order valence-corrected chi connectivity index (χ2v) is 9.01. The van der Waals surface area contributed by atoms with Gasteiger partial charge in [0.05, 0.1) is 33.1 Å². The van der Waals surface area contributed by atoms with Gasteiger partial charge in [0.1, 0.15) is 33.1 Å². The van der Waals surface area contributed by atoms with Crippen LogP contribution in [0.1, 0.15) is 16.2 Å². The highest BCUT2D eigenvalue weighted by molar-refractivity contribution is 7.22. The van der Waals surface area contributed by atoms with E-state index in [4.69, 9.17) is 19.2 Å². The highest BCUT2D eigenvalue weighted by Crippen LogP contribution is 2.40. The summed E-state index contributed by atoms with van der Waals surface area (Å²) >= 11 is 1.43. The number of carbonyl (C=O) groups excluding carboxylic acids is 1. The molecule has 1 saturated heterocycles. The number of imidazole rings is 1. The molecule has 34 heavy (non-hydrogen) atoms. The van der Waals surface area contributed by atoms with Gasteiger partial charge in [0.15, 0.2) is 5.13 Å². The van der Waals surface area contributed by atoms with E-state index in [1.54, 1.807) is 19.1 Å². The monoisotopic (exact) mass is 481 g/mol. The summed E-state index contributed by atoms with van der Waals surface area (Å²) in [6, 6.07) is 9.40. The topological polar surface area (TPSA) is 81.4 Å². The van der Waals surface area contributed by atoms with Crippen LogP contribution in [-0.4, -0.2) is 78.8 Å². The Bertz CT molecular complexity index is 1290. The molecule has 1 aliphatic rings. The lowest BCUT2D eigenvalue weighted by Gasteiger charge is -2.29. The van der Waals surface area contributed by atoms with Crippen molar-refractivity contribution < 1.29 is 19.0 Å². The molecular weight excluding hydrogens is 454 g/mol. The number of amides is 1. The number of aryl methyl sites for hydroxylation is 1. The van der Waals surface area contributed by atoms with E-state index >= 15 is 0 Å². The van der Waals surface area contributed by atoms with Crippen molar-refractivity contribution in [1.29, 1.82) is 0 Å². The Morgan fingerprint density at radius 1 is 1.12 bits per heavy atom. The molecule has 9 nitrogen and oxygen atoms in total. The number of hydrogen-bond acceptors (Lipinski definition) is 8. The third-order valence-electron chi connectivity index (χ3n) is 6.03. The second-order valence-electron chi connectivity index (χ2n) is 8.03. The second kappa shape index (κ2) is 9.57. The van der Waals surface area contributed by atoms with Gasteiger partial charge in [-0.25, -0.2) is 9.97 Å². The van der Waals surface area contributed by atoms with Gasteiger partial charge >= 0.3 is 0 Å². The normalized spacial score (nSPS) is 14.6. The number of pyridine rings is 1. The summed E-state index contributed by atoms with van der Waals surface area (Å²) in [5.74, 6) is 1.21. The molecule has 0 saturated carbocycles. The molecule has 0 atom stereocenters. The number of hydrogen-bond donors (Lipinski definition) is 0. The van der Waals surface area contributed by atoms with Crippen LogP contribution in [0.5, 0.6) is 11.5 Å². The average molecular weight is 482 g/mol. The zero-order chi connectivity index (χ0) is 23.7. The Kier molecular flexibility index (Phi) is 6.36. The number of morpholine rings is 1. The van der Waals surface area contributed by atoms with Gasteiger partial charge in [-0.1, -0.05) is 17.4 Å². The number of benzene rings is 1. The quantitative estimate of drug-likeness (QED) is 0.401. The first kappa shape index (κ1) is 22.6. The van der Waals surface area contributed by atoms with Crippen molar-refractivity contribution in [3.8, 4) is 11.5 Å². The van der Waals surface area contributed by atoms with Crippen LogP contribution in [0.2, 0.25) is 0 Å². The smallest absolute Gasteiger partial charge is 0.279 e. The average Bonchev–Trinajstić information content (AvgIpc) is 3.45. The minimum atomic E-state index is -0.138. The van der Waals surface area contributed by atoms with Crippen molar-refractivity contribution in [2.24, 2.45) is 0 Å².